The minimum absolute atomic E-state index is 0. The van der Waals surface area contributed by atoms with Gasteiger partial charge in [0, 0.05) is 28.5 Å². The van der Waals surface area contributed by atoms with Gasteiger partial charge in [-0.2, -0.15) is 0 Å². The van der Waals surface area contributed by atoms with E-state index in [1.165, 1.54) is 0 Å². The van der Waals surface area contributed by atoms with Crippen LogP contribution in [0.3, 0.4) is 0 Å². The Kier molecular flexibility index (Phi) is 9.44. The van der Waals surface area contributed by atoms with Gasteiger partial charge in [-0.1, -0.05) is 27.5 Å². The molecule has 1 amide bonds. The second-order valence-corrected chi connectivity index (χ2v) is 5.52. The Bertz CT molecular complexity index is 416. The fourth-order valence-electron chi connectivity index (χ4n) is 1.44. The molecule has 0 heterocycles. The Hall–Kier alpha value is -0.290. The Labute approximate surface area is 134 Å². The van der Waals surface area contributed by atoms with Gasteiger partial charge in [0.05, 0.1) is 0 Å². The molecule has 19 heavy (non-hydrogen) atoms. The van der Waals surface area contributed by atoms with Crippen molar-refractivity contribution < 1.29 is 4.79 Å². The number of aryl methyl sites for hydroxylation is 1. The van der Waals surface area contributed by atoms with E-state index in [2.05, 4.69) is 26.6 Å². The van der Waals surface area contributed by atoms with Crippen LogP contribution in [0.15, 0.2) is 22.7 Å². The second kappa shape index (κ2) is 9.59. The number of carbonyl (C=O) groups is 1. The van der Waals surface area contributed by atoms with Gasteiger partial charge in [0.15, 0.2) is 0 Å². The highest BCUT2D eigenvalue weighted by atomic mass is 79.9. The normalized spacial score (nSPS) is 11.6. The van der Waals surface area contributed by atoms with Crippen molar-refractivity contribution in [1.29, 1.82) is 0 Å². The Morgan fingerprint density at radius 1 is 1.47 bits per heavy atom. The Morgan fingerprint density at radius 2 is 2.16 bits per heavy atom. The van der Waals surface area contributed by atoms with Crippen molar-refractivity contribution in [2.75, 3.05) is 13.6 Å². The molecule has 108 valence electrons. The summed E-state index contributed by atoms with van der Waals surface area (Å²) in [5.74, 6) is 0.0592. The van der Waals surface area contributed by atoms with Crippen LogP contribution in [-0.4, -0.2) is 25.5 Å². The van der Waals surface area contributed by atoms with Gasteiger partial charge in [0.2, 0.25) is 5.91 Å². The van der Waals surface area contributed by atoms with E-state index in [4.69, 9.17) is 11.6 Å². The zero-order valence-corrected chi connectivity index (χ0v) is 14.2. The fraction of sp³-hybridized carbons (Fsp3) is 0.462. The van der Waals surface area contributed by atoms with Gasteiger partial charge in [-0.15, -0.1) is 12.4 Å². The highest BCUT2D eigenvalue weighted by molar-refractivity contribution is 9.10. The topological polar surface area (TPSA) is 41.1 Å². The number of hydrogen-bond donors (Lipinski definition) is 2. The average Bonchev–Trinajstić information content (AvgIpc) is 2.36. The van der Waals surface area contributed by atoms with Crippen LogP contribution in [0.1, 0.15) is 18.9 Å². The molecule has 0 radical (unpaired) electrons. The van der Waals surface area contributed by atoms with Crippen molar-refractivity contribution in [3.05, 3.63) is 33.3 Å². The van der Waals surface area contributed by atoms with Crippen LogP contribution in [-0.2, 0) is 11.2 Å². The van der Waals surface area contributed by atoms with Crippen LogP contribution < -0.4 is 10.6 Å². The summed E-state index contributed by atoms with van der Waals surface area (Å²) in [5, 5.41) is 6.65. The van der Waals surface area contributed by atoms with Gasteiger partial charge in [0.1, 0.15) is 0 Å². The van der Waals surface area contributed by atoms with Crippen LogP contribution in [0.5, 0.6) is 0 Å². The summed E-state index contributed by atoms with van der Waals surface area (Å²) >= 11 is 9.38. The second-order valence-electron chi connectivity index (χ2n) is 4.23. The minimum Gasteiger partial charge on any atom is -0.355 e. The lowest BCUT2D eigenvalue weighted by atomic mass is 10.1. The number of rotatable bonds is 6. The van der Waals surface area contributed by atoms with E-state index in [0.29, 0.717) is 24.4 Å². The first-order chi connectivity index (χ1) is 8.52. The summed E-state index contributed by atoms with van der Waals surface area (Å²) in [5.41, 5.74) is 1.05. The largest absolute Gasteiger partial charge is 0.355 e. The lowest BCUT2D eigenvalue weighted by Gasteiger charge is -2.11. The van der Waals surface area contributed by atoms with Crippen molar-refractivity contribution in [2.45, 2.75) is 25.8 Å². The summed E-state index contributed by atoms with van der Waals surface area (Å²) in [7, 11) is 1.87. The van der Waals surface area contributed by atoms with Crippen molar-refractivity contribution >= 4 is 45.8 Å². The summed E-state index contributed by atoms with van der Waals surface area (Å²) in [6.07, 6.45) is 1.15. The molecule has 0 aromatic heterocycles. The van der Waals surface area contributed by atoms with E-state index < -0.39 is 0 Å². The zero-order chi connectivity index (χ0) is 13.5. The summed E-state index contributed by atoms with van der Waals surface area (Å²) < 4.78 is 0.989. The molecule has 0 spiro atoms. The Morgan fingerprint density at radius 3 is 2.79 bits per heavy atom. The molecule has 0 bridgehead atoms. The number of nitrogens with one attached hydrogen (secondary N) is 2. The molecule has 3 nitrogen and oxygen atoms in total. The number of amides is 1. The third kappa shape index (κ3) is 7.16. The summed E-state index contributed by atoms with van der Waals surface area (Å²) in [4.78, 5) is 11.6. The third-order valence-corrected chi connectivity index (χ3v) is 3.74. The molecule has 1 rings (SSSR count). The van der Waals surface area contributed by atoms with Crippen molar-refractivity contribution in [3.8, 4) is 0 Å². The third-order valence-electron chi connectivity index (χ3n) is 2.73. The van der Waals surface area contributed by atoms with E-state index in [9.17, 15) is 4.79 Å². The van der Waals surface area contributed by atoms with Crippen LogP contribution in [0.2, 0.25) is 5.02 Å². The first-order valence-corrected chi connectivity index (χ1v) is 7.08. The highest BCUT2D eigenvalue weighted by Gasteiger charge is 2.06. The lowest BCUT2D eigenvalue weighted by molar-refractivity contribution is -0.121. The van der Waals surface area contributed by atoms with Gasteiger partial charge >= 0.3 is 0 Å². The molecule has 1 aromatic carbocycles. The van der Waals surface area contributed by atoms with Crippen LogP contribution in [0.4, 0.5) is 0 Å². The molecular weight excluding hydrogens is 351 g/mol. The lowest BCUT2D eigenvalue weighted by Crippen LogP contribution is -2.37. The van der Waals surface area contributed by atoms with Crippen molar-refractivity contribution in [2.24, 2.45) is 0 Å². The Balaban J connectivity index is 0.00000324. The fourth-order valence-corrected chi connectivity index (χ4v) is 2.08. The van der Waals surface area contributed by atoms with E-state index in [1.54, 1.807) is 0 Å². The van der Waals surface area contributed by atoms with E-state index in [0.717, 1.165) is 10.0 Å². The SMILES string of the molecule is CNC(C)CNC(=O)CCc1cc(Cl)ccc1Br.Cl. The predicted octanol–water partition coefficient (Wildman–Crippen LogP) is 3.18. The molecule has 1 aromatic rings. The monoisotopic (exact) mass is 368 g/mol. The summed E-state index contributed by atoms with van der Waals surface area (Å²) in [6.45, 7) is 2.67. The maximum Gasteiger partial charge on any atom is 0.220 e. The highest BCUT2D eigenvalue weighted by Crippen LogP contribution is 2.22. The maximum atomic E-state index is 11.6. The molecular formula is C13H19BrCl2N2O. The summed E-state index contributed by atoms with van der Waals surface area (Å²) in [6, 6.07) is 5.89. The molecule has 1 atom stereocenters. The standard InChI is InChI=1S/C13H18BrClN2O.ClH/c1-9(16-2)8-17-13(18)6-3-10-7-11(15)4-5-12(10)14;/h4-5,7,9,16H,3,6,8H2,1-2H3,(H,17,18);1H. The van der Waals surface area contributed by atoms with Crippen LogP contribution >= 0.6 is 39.9 Å². The first kappa shape index (κ1) is 18.7. The number of benzene rings is 1. The van der Waals surface area contributed by atoms with E-state index in [1.807, 2.05) is 32.2 Å². The van der Waals surface area contributed by atoms with Gasteiger partial charge < -0.3 is 10.6 Å². The van der Waals surface area contributed by atoms with Gasteiger partial charge in [-0.25, -0.2) is 0 Å². The molecule has 0 saturated heterocycles. The molecule has 0 aliphatic carbocycles. The van der Waals surface area contributed by atoms with Gasteiger partial charge in [-0.3, -0.25) is 4.79 Å². The van der Waals surface area contributed by atoms with Crippen molar-refractivity contribution in [1.82, 2.24) is 10.6 Å². The van der Waals surface area contributed by atoms with Crippen molar-refractivity contribution in [3.63, 3.8) is 0 Å². The maximum absolute atomic E-state index is 11.6. The minimum atomic E-state index is 0. The van der Waals surface area contributed by atoms with E-state index >= 15 is 0 Å². The average molecular weight is 370 g/mol. The molecule has 0 aliphatic heterocycles. The van der Waals surface area contributed by atoms with Gasteiger partial charge in [-0.05, 0) is 44.2 Å². The van der Waals surface area contributed by atoms with E-state index in [-0.39, 0.29) is 24.4 Å². The number of likely N-dealkylation sites (N-methyl/N-ethyl adjacent to an activating group) is 1. The number of hydrogen-bond acceptors (Lipinski definition) is 2. The first-order valence-electron chi connectivity index (χ1n) is 5.91. The molecule has 6 heteroatoms. The van der Waals surface area contributed by atoms with Gasteiger partial charge in [0.25, 0.3) is 0 Å². The zero-order valence-electron chi connectivity index (χ0n) is 11.0. The quantitative estimate of drug-likeness (QED) is 0.808. The molecule has 0 aliphatic rings. The van der Waals surface area contributed by atoms with Crippen LogP contribution in [0, 0.1) is 0 Å². The molecule has 0 saturated carbocycles. The smallest absolute Gasteiger partial charge is 0.220 e. The number of carbonyl (C=O) groups excluding carboxylic acids is 1. The molecule has 1 unspecified atom stereocenters. The predicted molar refractivity (Wildman–Crippen MR) is 86.3 cm³/mol. The van der Waals surface area contributed by atoms with Crippen LogP contribution in [0.25, 0.3) is 0 Å². The molecule has 2 N–H and O–H groups in total. The molecule has 0 fully saturated rings. The number of halogens is 3.